The number of amides is 1. The van der Waals surface area contributed by atoms with E-state index in [4.69, 9.17) is 0 Å². The SMILES string of the molecule is CC.C[C@@H]1CCC(=O)NC1. The van der Waals surface area contributed by atoms with Gasteiger partial charge in [0.2, 0.25) is 5.91 Å². The molecule has 1 saturated heterocycles. The van der Waals surface area contributed by atoms with E-state index >= 15 is 0 Å². The molecule has 0 spiro atoms. The van der Waals surface area contributed by atoms with Crippen LogP contribution < -0.4 is 5.32 Å². The van der Waals surface area contributed by atoms with Crippen molar-refractivity contribution in [2.45, 2.75) is 33.6 Å². The Balaban J connectivity index is 0.000000371. The van der Waals surface area contributed by atoms with Gasteiger partial charge in [0.1, 0.15) is 0 Å². The fourth-order valence-corrected chi connectivity index (χ4v) is 0.856. The van der Waals surface area contributed by atoms with E-state index in [9.17, 15) is 4.79 Å². The fourth-order valence-electron chi connectivity index (χ4n) is 0.856. The lowest BCUT2D eigenvalue weighted by molar-refractivity contribution is -0.122. The number of carbonyl (C=O) groups is 1. The summed E-state index contributed by atoms with van der Waals surface area (Å²) < 4.78 is 0. The highest BCUT2D eigenvalue weighted by Gasteiger charge is 2.12. The number of rotatable bonds is 0. The first-order valence-corrected chi connectivity index (χ1v) is 4.06. The molecule has 2 heteroatoms. The van der Waals surface area contributed by atoms with Gasteiger partial charge in [-0.3, -0.25) is 4.79 Å². The molecule has 1 fully saturated rings. The molecule has 1 rings (SSSR count). The third kappa shape index (κ3) is 3.49. The van der Waals surface area contributed by atoms with Crippen LogP contribution in [0.15, 0.2) is 0 Å². The number of hydrogen-bond acceptors (Lipinski definition) is 1. The molecular formula is C8H17NO. The van der Waals surface area contributed by atoms with Crippen LogP contribution in [-0.4, -0.2) is 12.5 Å². The first-order valence-electron chi connectivity index (χ1n) is 4.06. The predicted molar refractivity (Wildman–Crippen MR) is 42.8 cm³/mol. The van der Waals surface area contributed by atoms with Crippen molar-refractivity contribution in [1.29, 1.82) is 0 Å². The Kier molecular flexibility index (Phi) is 4.99. The summed E-state index contributed by atoms with van der Waals surface area (Å²) >= 11 is 0. The second-order valence-electron chi connectivity index (χ2n) is 2.45. The van der Waals surface area contributed by atoms with Crippen molar-refractivity contribution in [3.8, 4) is 0 Å². The Morgan fingerprint density at radius 1 is 1.50 bits per heavy atom. The second-order valence-corrected chi connectivity index (χ2v) is 2.45. The van der Waals surface area contributed by atoms with E-state index in [0.29, 0.717) is 5.92 Å². The van der Waals surface area contributed by atoms with Crippen molar-refractivity contribution in [1.82, 2.24) is 5.32 Å². The number of piperidine rings is 1. The predicted octanol–water partition coefficient (Wildman–Crippen LogP) is 1.56. The van der Waals surface area contributed by atoms with Crippen LogP contribution in [-0.2, 0) is 4.79 Å². The van der Waals surface area contributed by atoms with Gasteiger partial charge in [-0.2, -0.15) is 0 Å². The molecule has 1 aliphatic rings. The zero-order valence-electron chi connectivity index (χ0n) is 7.11. The van der Waals surface area contributed by atoms with Crippen LogP contribution in [0.2, 0.25) is 0 Å². The van der Waals surface area contributed by atoms with Crippen molar-refractivity contribution >= 4 is 5.91 Å². The summed E-state index contributed by atoms with van der Waals surface area (Å²) in [5, 5.41) is 2.79. The maximum absolute atomic E-state index is 10.5. The molecule has 1 atom stereocenters. The van der Waals surface area contributed by atoms with E-state index in [-0.39, 0.29) is 5.91 Å². The van der Waals surface area contributed by atoms with Gasteiger partial charge in [0.05, 0.1) is 0 Å². The average Bonchev–Trinajstić information content (AvgIpc) is 2.00. The minimum Gasteiger partial charge on any atom is -0.356 e. The normalized spacial score (nSPS) is 24.3. The molecule has 1 amide bonds. The molecule has 0 aromatic carbocycles. The largest absolute Gasteiger partial charge is 0.356 e. The molecule has 0 aromatic rings. The van der Waals surface area contributed by atoms with Crippen molar-refractivity contribution in [2.75, 3.05) is 6.54 Å². The number of carbonyl (C=O) groups excluding carboxylic acids is 1. The molecule has 60 valence electrons. The van der Waals surface area contributed by atoms with E-state index in [1.807, 2.05) is 13.8 Å². The van der Waals surface area contributed by atoms with Crippen molar-refractivity contribution in [3.05, 3.63) is 0 Å². The second kappa shape index (κ2) is 5.27. The van der Waals surface area contributed by atoms with Gasteiger partial charge < -0.3 is 5.32 Å². The molecule has 1 heterocycles. The maximum atomic E-state index is 10.5. The zero-order chi connectivity index (χ0) is 7.98. The topological polar surface area (TPSA) is 29.1 Å². The standard InChI is InChI=1S/C6H11NO.C2H6/c1-5-2-3-6(8)7-4-5;1-2/h5H,2-4H2,1H3,(H,7,8);1-2H3/t5-;/m1./s1. The van der Waals surface area contributed by atoms with Crippen molar-refractivity contribution < 1.29 is 4.79 Å². The van der Waals surface area contributed by atoms with Crippen LogP contribution >= 0.6 is 0 Å². The summed E-state index contributed by atoms with van der Waals surface area (Å²) in [6, 6.07) is 0. The first kappa shape index (κ1) is 9.47. The summed E-state index contributed by atoms with van der Waals surface area (Å²) in [5.41, 5.74) is 0. The molecule has 0 bridgehead atoms. The first-order chi connectivity index (χ1) is 4.79. The van der Waals surface area contributed by atoms with Crippen LogP contribution in [0.4, 0.5) is 0 Å². The summed E-state index contributed by atoms with van der Waals surface area (Å²) in [7, 11) is 0. The van der Waals surface area contributed by atoms with E-state index in [1.54, 1.807) is 0 Å². The molecule has 0 radical (unpaired) electrons. The van der Waals surface area contributed by atoms with Crippen LogP contribution in [0, 0.1) is 5.92 Å². The molecular weight excluding hydrogens is 126 g/mol. The van der Waals surface area contributed by atoms with Crippen molar-refractivity contribution in [2.24, 2.45) is 5.92 Å². The summed E-state index contributed by atoms with van der Waals surface area (Å²) in [6.07, 6.45) is 1.78. The van der Waals surface area contributed by atoms with Gasteiger partial charge in [0.15, 0.2) is 0 Å². The van der Waals surface area contributed by atoms with Gasteiger partial charge in [0.25, 0.3) is 0 Å². The van der Waals surface area contributed by atoms with Crippen LogP contribution in [0.25, 0.3) is 0 Å². The van der Waals surface area contributed by atoms with E-state index < -0.39 is 0 Å². The lowest BCUT2D eigenvalue weighted by Gasteiger charge is -2.17. The van der Waals surface area contributed by atoms with Crippen LogP contribution in [0.5, 0.6) is 0 Å². The molecule has 2 nitrogen and oxygen atoms in total. The summed E-state index contributed by atoms with van der Waals surface area (Å²) in [5.74, 6) is 0.899. The van der Waals surface area contributed by atoms with E-state index in [1.165, 1.54) is 0 Å². The molecule has 1 N–H and O–H groups in total. The van der Waals surface area contributed by atoms with Crippen molar-refractivity contribution in [3.63, 3.8) is 0 Å². The van der Waals surface area contributed by atoms with E-state index in [0.717, 1.165) is 19.4 Å². The third-order valence-electron chi connectivity index (χ3n) is 1.51. The van der Waals surface area contributed by atoms with Gasteiger partial charge in [0, 0.05) is 13.0 Å². The fraction of sp³-hybridized carbons (Fsp3) is 0.875. The highest BCUT2D eigenvalue weighted by molar-refractivity contribution is 5.76. The molecule has 0 aliphatic carbocycles. The van der Waals surface area contributed by atoms with Gasteiger partial charge >= 0.3 is 0 Å². The molecule has 1 aliphatic heterocycles. The lowest BCUT2D eigenvalue weighted by atomic mass is 10.0. The highest BCUT2D eigenvalue weighted by atomic mass is 16.1. The third-order valence-corrected chi connectivity index (χ3v) is 1.51. The summed E-state index contributed by atoms with van der Waals surface area (Å²) in [6.45, 7) is 7.03. The maximum Gasteiger partial charge on any atom is 0.220 e. The highest BCUT2D eigenvalue weighted by Crippen LogP contribution is 2.07. The Labute approximate surface area is 63.0 Å². The van der Waals surface area contributed by atoms with Gasteiger partial charge in [-0.05, 0) is 12.3 Å². The smallest absolute Gasteiger partial charge is 0.220 e. The Morgan fingerprint density at radius 3 is 2.40 bits per heavy atom. The van der Waals surface area contributed by atoms with E-state index in [2.05, 4.69) is 12.2 Å². The molecule has 0 saturated carbocycles. The Bertz CT molecular complexity index is 91.4. The lowest BCUT2D eigenvalue weighted by Crippen LogP contribution is -2.33. The Morgan fingerprint density at radius 2 is 2.10 bits per heavy atom. The molecule has 0 aromatic heterocycles. The molecule has 0 unspecified atom stereocenters. The van der Waals surface area contributed by atoms with Crippen LogP contribution in [0.1, 0.15) is 33.6 Å². The summed E-state index contributed by atoms with van der Waals surface area (Å²) in [4.78, 5) is 10.5. The number of hydrogen-bond donors (Lipinski definition) is 1. The average molecular weight is 143 g/mol. The quantitative estimate of drug-likeness (QED) is 0.547. The Hall–Kier alpha value is -0.530. The minimum atomic E-state index is 0.211. The monoisotopic (exact) mass is 143 g/mol. The van der Waals surface area contributed by atoms with Crippen LogP contribution in [0.3, 0.4) is 0 Å². The number of nitrogens with one attached hydrogen (secondary N) is 1. The van der Waals surface area contributed by atoms with Gasteiger partial charge in [-0.25, -0.2) is 0 Å². The zero-order valence-corrected chi connectivity index (χ0v) is 7.11. The minimum absolute atomic E-state index is 0.211. The van der Waals surface area contributed by atoms with Gasteiger partial charge in [-0.1, -0.05) is 20.8 Å². The van der Waals surface area contributed by atoms with Gasteiger partial charge in [-0.15, -0.1) is 0 Å². The molecule has 10 heavy (non-hydrogen) atoms.